The van der Waals surface area contributed by atoms with E-state index < -0.39 is 10.0 Å². The smallest absolute Gasteiger partial charge is 0.253 e. The summed E-state index contributed by atoms with van der Waals surface area (Å²) in [5, 5.41) is 2.99. The lowest BCUT2D eigenvalue weighted by molar-refractivity contribution is 0.0939. The molecular formula is C13H19ClN2O3S. The average Bonchev–Trinajstić information content (AvgIpc) is 2.38. The van der Waals surface area contributed by atoms with Gasteiger partial charge in [-0.3, -0.25) is 4.79 Å². The summed E-state index contributed by atoms with van der Waals surface area (Å²) in [7, 11) is -0.722. The van der Waals surface area contributed by atoms with E-state index in [9.17, 15) is 13.2 Å². The highest BCUT2D eigenvalue weighted by Gasteiger charge is 2.21. The molecule has 0 radical (unpaired) electrons. The minimum Gasteiger partial charge on any atom is -0.350 e. The molecule has 112 valence electrons. The van der Waals surface area contributed by atoms with E-state index in [0.29, 0.717) is 0 Å². The van der Waals surface area contributed by atoms with Crippen molar-refractivity contribution in [1.82, 2.24) is 9.62 Å². The first-order chi connectivity index (χ1) is 9.20. The Bertz CT molecular complexity index is 600. The van der Waals surface area contributed by atoms with Gasteiger partial charge in [-0.05, 0) is 31.5 Å². The summed E-state index contributed by atoms with van der Waals surface area (Å²) >= 11 is 5.98. The van der Waals surface area contributed by atoms with E-state index in [4.69, 9.17) is 11.6 Å². The molecule has 1 aromatic rings. The van der Waals surface area contributed by atoms with Crippen LogP contribution in [0, 0.1) is 0 Å². The number of amides is 1. The van der Waals surface area contributed by atoms with E-state index in [-0.39, 0.29) is 27.4 Å². The Balaban J connectivity index is 3.20. The van der Waals surface area contributed by atoms with Crippen LogP contribution in [0.3, 0.4) is 0 Å². The predicted octanol–water partition coefficient (Wildman–Crippen LogP) is 2.12. The molecule has 1 N–H and O–H groups in total. The van der Waals surface area contributed by atoms with Crippen molar-refractivity contribution in [1.29, 1.82) is 0 Å². The van der Waals surface area contributed by atoms with E-state index in [1.165, 1.54) is 32.3 Å². The average molecular weight is 319 g/mol. The molecule has 5 nitrogen and oxygen atoms in total. The maximum Gasteiger partial charge on any atom is 0.253 e. The van der Waals surface area contributed by atoms with Crippen LogP contribution in [0.15, 0.2) is 23.1 Å². The topological polar surface area (TPSA) is 66.5 Å². The van der Waals surface area contributed by atoms with Crippen LogP contribution in [0.4, 0.5) is 0 Å². The standard InChI is InChI=1S/C13H19ClN2O3S/c1-5-9(2)15-13(17)11-8-10(6-7-12(11)14)20(18,19)16(3)4/h6-9H,5H2,1-4H3,(H,15,17). The normalized spacial score (nSPS) is 13.3. The zero-order chi connectivity index (χ0) is 15.5. The number of hydrogen-bond donors (Lipinski definition) is 1. The lowest BCUT2D eigenvalue weighted by atomic mass is 10.2. The highest BCUT2D eigenvalue weighted by molar-refractivity contribution is 7.89. The van der Waals surface area contributed by atoms with Gasteiger partial charge in [-0.15, -0.1) is 0 Å². The quantitative estimate of drug-likeness (QED) is 0.904. The molecule has 0 heterocycles. The number of nitrogens with zero attached hydrogens (tertiary/aromatic N) is 1. The number of hydrogen-bond acceptors (Lipinski definition) is 3. The number of nitrogens with one attached hydrogen (secondary N) is 1. The fourth-order valence-corrected chi connectivity index (χ4v) is 2.59. The number of benzene rings is 1. The molecule has 1 unspecified atom stereocenters. The van der Waals surface area contributed by atoms with Gasteiger partial charge < -0.3 is 5.32 Å². The molecular weight excluding hydrogens is 300 g/mol. The number of sulfonamides is 1. The third-order valence-corrected chi connectivity index (χ3v) is 5.09. The monoisotopic (exact) mass is 318 g/mol. The number of rotatable bonds is 5. The number of halogens is 1. The first-order valence-corrected chi connectivity index (χ1v) is 8.05. The van der Waals surface area contributed by atoms with Gasteiger partial charge in [0.05, 0.1) is 15.5 Å². The van der Waals surface area contributed by atoms with Crippen molar-refractivity contribution >= 4 is 27.5 Å². The second-order valence-corrected chi connectivity index (χ2v) is 7.27. The highest BCUT2D eigenvalue weighted by atomic mass is 35.5. The van der Waals surface area contributed by atoms with Crippen molar-refractivity contribution in [3.05, 3.63) is 28.8 Å². The van der Waals surface area contributed by atoms with Gasteiger partial charge in [-0.1, -0.05) is 18.5 Å². The molecule has 0 aliphatic carbocycles. The Labute approximate surface area is 125 Å². The van der Waals surface area contributed by atoms with Crippen LogP contribution in [0.1, 0.15) is 30.6 Å². The molecule has 0 fully saturated rings. The highest BCUT2D eigenvalue weighted by Crippen LogP contribution is 2.22. The van der Waals surface area contributed by atoms with E-state index >= 15 is 0 Å². The summed E-state index contributed by atoms with van der Waals surface area (Å²) in [6, 6.07) is 4.10. The molecule has 0 aromatic heterocycles. The van der Waals surface area contributed by atoms with E-state index in [1.807, 2.05) is 13.8 Å². The van der Waals surface area contributed by atoms with Gasteiger partial charge in [0.2, 0.25) is 10.0 Å². The first kappa shape index (κ1) is 16.9. The third kappa shape index (κ3) is 3.71. The van der Waals surface area contributed by atoms with Crippen LogP contribution in [0.2, 0.25) is 5.02 Å². The van der Waals surface area contributed by atoms with Crippen molar-refractivity contribution in [2.75, 3.05) is 14.1 Å². The second kappa shape index (κ2) is 6.56. The minimum atomic E-state index is -3.59. The van der Waals surface area contributed by atoms with E-state index in [1.54, 1.807) is 0 Å². The van der Waals surface area contributed by atoms with Crippen LogP contribution in [0.5, 0.6) is 0 Å². The number of carbonyl (C=O) groups excluding carboxylic acids is 1. The Morgan fingerprint density at radius 3 is 2.50 bits per heavy atom. The summed E-state index contributed by atoms with van der Waals surface area (Å²) in [6.07, 6.45) is 0.777. The minimum absolute atomic E-state index is 0.00678. The SMILES string of the molecule is CCC(C)NC(=O)c1cc(S(=O)(=O)N(C)C)ccc1Cl. The summed E-state index contributed by atoms with van der Waals surface area (Å²) in [5.74, 6) is -0.375. The van der Waals surface area contributed by atoms with Gasteiger partial charge in [0.25, 0.3) is 5.91 Å². The summed E-state index contributed by atoms with van der Waals surface area (Å²) in [5.41, 5.74) is 0.162. The molecule has 1 aromatic carbocycles. The Hall–Kier alpha value is -1.11. The van der Waals surface area contributed by atoms with Gasteiger partial charge in [0.15, 0.2) is 0 Å². The maximum absolute atomic E-state index is 12.1. The van der Waals surface area contributed by atoms with Gasteiger partial charge in [-0.2, -0.15) is 0 Å². The van der Waals surface area contributed by atoms with Crippen LogP contribution < -0.4 is 5.32 Å². The molecule has 0 aliphatic heterocycles. The molecule has 1 atom stereocenters. The lowest BCUT2D eigenvalue weighted by Gasteiger charge is -2.15. The molecule has 0 saturated carbocycles. The third-order valence-electron chi connectivity index (χ3n) is 2.95. The Morgan fingerprint density at radius 1 is 1.40 bits per heavy atom. The molecule has 0 saturated heterocycles. The summed E-state index contributed by atoms with van der Waals surface area (Å²) in [6.45, 7) is 3.81. The second-order valence-electron chi connectivity index (χ2n) is 4.71. The van der Waals surface area contributed by atoms with Crippen LogP contribution in [-0.4, -0.2) is 38.8 Å². The van der Waals surface area contributed by atoms with Gasteiger partial charge >= 0.3 is 0 Å². The van der Waals surface area contributed by atoms with Crippen LogP contribution in [-0.2, 0) is 10.0 Å². The first-order valence-electron chi connectivity index (χ1n) is 6.23. The van der Waals surface area contributed by atoms with Crippen LogP contribution in [0.25, 0.3) is 0 Å². The fourth-order valence-electron chi connectivity index (χ4n) is 1.45. The van der Waals surface area contributed by atoms with E-state index in [2.05, 4.69) is 5.32 Å². The van der Waals surface area contributed by atoms with Gasteiger partial charge in [-0.25, -0.2) is 12.7 Å². The van der Waals surface area contributed by atoms with Crippen molar-refractivity contribution in [3.8, 4) is 0 Å². The molecule has 1 rings (SSSR count). The zero-order valence-corrected chi connectivity index (χ0v) is 13.5. The summed E-state index contributed by atoms with van der Waals surface area (Å²) < 4.78 is 25.2. The Kier molecular flexibility index (Phi) is 5.56. The van der Waals surface area contributed by atoms with Crippen molar-refractivity contribution in [2.24, 2.45) is 0 Å². The van der Waals surface area contributed by atoms with Crippen LogP contribution >= 0.6 is 11.6 Å². The molecule has 0 spiro atoms. The van der Waals surface area contributed by atoms with Gasteiger partial charge in [0, 0.05) is 20.1 Å². The number of carbonyl (C=O) groups is 1. The summed E-state index contributed by atoms with van der Waals surface area (Å²) in [4.78, 5) is 12.1. The molecule has 20 heavy (non-hydrogen) atoms. The van der Waals surface area contributed by atoms with Crippen molar-refractivity contribution in [3.63, 3.8) is 0 Å². The van der Waals surface area contributed by atoms with Gasteiger partial charge in [0.1, 0.15) is 0 Å². The fraction of sp³-hybridized carbons (Fsp3) is 0.462. The lowest BCUT2D eigenvalue weighted by Crippen LogP contribution is -2.32. The largest absolute Gasteiger partial charge is 0.350 e. The van der Waals surface area contributed by atoms with Crippen molar-refractivity contribution in [2.45, 2.75) is 31.2 Å². The maximum atomic E-state index is 12.1. The zero-order valence-electron chi connectivity index (χ0n) is 12.0. The van der Waals surface area contributed by atoms with Crippen molar-refractivity contribution < 1.29 is 13.2 Å². The molecule has 0 aliphatic rings. The molecule has 1 amide bonds. The molecule has 0 bridgehead atoms. The van der Waals surface area contributed by atoms with E-state index in [0.717, 1.165) is 10.7 Å². The molecule has 7 heteroatoms. The predicted molar refractivity (Wildman–Crippen MR) is 79.5 cm³/mol. The Morgan fingerprint density at radius 2 is 2.00 bits per heavy atom.